The molecule has 2 aliphatic rings. The fourth-order valence-corrected chi connectivity index (χ4v) is 4.08. The van der Waals surface area contributed by atoms with Gasteiger partial charge in [-0.1, -0.05) is 39.0 Å². The number of hydrogen-bond acceptors (Lipinski definition) is 2. The van der Waals surface area contributed by atoms with Crippen molar-refractivity contribution in [3.8, 4) is 0 Å². The second kappa shape index (κ2) is 9.78. The maximum Gasteiger partial charge on any atom is 0.0107 e. The van der Waals surface area contributed by atoms with Crippen molar-refractivity contribution >= 4 is 0 Å². The third kappa shape index (κ3) is 6.13. The summed E-state index contributed by atoms with van der Waals surface area (Å²) in [6, 6.07) is 0. The van der Waals surface area contributed by atoms with Gasteiger partial charge in [-0.2, -0.15) is 0 Å². The van der Waals surface area contributed by atoms with Gasteiger partial charge in [-0.25, -0.2) is 0 Å². The van der Waals surface area contributed by atoms with E-state index in [-0.39, 0.29) is 0 Å². The molecule has 2 rings (SSSR count). The molecule has 1 aliphatic carbocycles. The Morgan fingerprint density at radius 2 is 1.70 bits per heavy atom. The van der Waals surface area contributed by atoms with Crippen LogP contribution in [0.1, 0.15) is 71.1 Å². The SMILES string of the molecule is CCCC1CCCN(CCNCC2CCCCC2)CC1. The van der Waals surface area contributed by atoms with Crippen LogP contribution in [-0.2, 0) is 0 Å². The number of nitrogens with one attached hydrogen (secondary N) is 1. The average molecular weight is 280 g/mol. The van der Waals surface area contributed by atoms with Crippen molar-refractivity contribution < 1.29 is 0 Å². The van der Waals surface area contributed by atoms with Crippen molar-refractivity contribution in [2.24, 2.45) is 11.8 Å². The summed E-state index contributed by atoms with van der Waals surface area (Å²) in [5.41, 5.74) is 0. The molecular weight excluding hydrogens is 244 g/mol. The first-order valence-electron chi connectivity index (χ1n) is 9.31. The Morgan fingerprint density at radius 3 is 2.50 bits per heavy atom. The summed E-state index contributed by atoms with van der Waals surface area (Å²) in [6.45, 7) is 8.76. The molecule has 2 fully saturated rings. The van der Waals surface area contributed by atoms with Crippen LogP contribution in [0.25, 0.3) is 0 Å². The lowest BCUT2D eigenvalue weighted by atomic mass is 9.89. The van der Waals surface area contributed by atoms with E-state index in [0.717, 1.165) is 11.8 Å². The summed E-state index contributed by atoms with van der Waals surface area (Å²) < 4.78 is 0. The van der Waals surface area contributed by atoms with E-state index in [9.17, 15) is 0 Å². The lowest BCUT2D eigenvalue weighted by Crippen LogP contribution is -2.35. The van der Waals surface area contributed by atoms with Crippen LogP contribution in [-0.4, -0.2) is 37.6 Å². The van der Waals surface area contributed by atoms with Gasteiger partial charge in [-0.05, 0) is 63.6 Å². The summed E-state index contributed by atoms with van der Waals surface area (Å²) in [6.07, 6.45) is 14.5. The second-order valence-corrected chi connectivity index (χ2v) is 7.14. The van der Waals surface area contributed by atoms with Crippen LogP contribution in [0, 0.1) is 11.8 Å². The van der Waals surface area contributed by atoms with E-state index >= 15 is 0 Å². The van der Waals surface area contributed by atoms with Crippen molar-refractivity contribution in [3.05, 3.63) is 0 Å². The Labute approximate surface area is 126 Å². The predicted molar refractivity (Wildman–Crippen MR) is 88.1 cm³/mol. The lowest BCUT2D eigenvalue weighted by Gasteiger charge is -2.24. The van der Waals surface area contributed by atoms with Crippen LogP contribution in [0.2, 0.25) is 0 Å². The topological polar surface area (TPSA) is 15.3 Å². The highest BCUT2D eigenvalue weighted by Crippen LogP contribution is 2.23. The van der Waals surface area contributed by atoms with Gasteiger partial charge >= 0.3 is 0 Å². The number of nitrogens with zero attached hydrogens (tertiary/aromatic N) is 1. The molecule has 1 unspecified atom stereocenters. The van der Waals surface area contributed by atoms with Crippen molar-refractivity contribution in [3.63, 3.8) is 0 Å². The largest absolute Gasteiger partial charge is 0.315 e. The standard InChI is InChI=1S/C18H36N2/c1-2-7-17-10-6-13-20(14-11-17)15-12-19-16-18-8-4-3-5-9-18/h17-19H,2-16H2,1H3. The fourth-order valence-electron chi connectivity index (χ4n) is 4.08. The highest BCUT2D eigenvalue weighted by atomic mass is 15.1. The maximum atomic E-state index is 3.72. The lowest BCUT2D eigenvalue weighted by molar-refractivity contribution is 0.270. The molecule has 0 bridgehead atoms. The summed E-state index contributed by atoms with van der Waals surface area (Å²) in [5.74, 6) is 1.99. The molecule has 118 valence electrons. The van der Waals surface area contributed by atoms with Crippen molar-refractivity contribution in [2.45, 2.75) is 71.1 Å². The van der Waals surface area contributed by atoms with E-state index in [1.807, 2.05) is 0 Å². The highest BCUT2D eigenvalue weighted by Gasteiger charge is 2.16. The molecule has 0 aromatic rings. The predicted octanol–water partition coefficient (Wildman–Crippen LogP) is 4.06. The molecule has 0 aromatic heterocycles. The van der Waals surface area contributed by atoms with Gasteiger partial charge < -0.3 is 10.2 Å². The Hall–Kier alpha value is -0.0800. The maximum absolute atomic E-state index is 3.72. The Kier molecular flexibility index (Phi) is 7.97. The van der Waals surface area contributed by atoms with Gasteiger partial charge in [-0.15, -0.1) is 0 Å². The normalized spacial score (nSPS) is 26.6. The molecule has 1 saturated carbocycles. The van der Waals surface area contributed by atoms with Crippen LogP contribution >= 0.6 is 0 Å². The molecule has 0 aromatic carbocycles. The van der Waals surface area contributed by atoms with Gasteiger partial charge in [0, 0.05) is 13.1 Å². The number of hydrogen-bond donors (Lipinski definition) is 1. The number of likely N-dealkylation sites (tertiary alicyclic amines) is 1. The van der Waals surface area contributed by atoms with E-state index in [2.05, 4.69) is 17.1 Å². The Balaban J connectivity index is 1.52. The molecular formula is C18H36N2. The molecule has 0 spiro atoms. The molecule has 1 heterocycles. The monoisotopic (exact) mass is 280 g/mol. The Morgan fingerprint density at radius 1 is 0.900 bits per heavy atom. The van der Waals surface area contributed by atoms with Crippen molar-refractivity contribution in [1.29, 1.82) is 0 Å². The van der Waals surface area contributed by atoms with E-state index in [0.29, 0.717) is 0 Å². The first-order chi connectivity index (χ1) is 9.88. The van der Waals surface area contributed by atoms with Crippen LogP contribution in [0.3, 0.4) is 0 Å². The molecule has 1 saturated heterocycles. The van der Waals surface area contributed by atoms with E-state index in [1.165, 1.54) is 96.9 Å². The zero-order chi connectivity index (χ0) is 14.0. The van der Waals surface area contributed by atoms with Crippen LogP contribution in [0.15, 0.2) is 0 Å². The second-order valence-electron chi connectivity index (χ2n) is 7.14. The van der Waals surface area contributed by atoms with Gasteiger partial charge in [0.2, 0.25) is 0 Å². The molecule has 1 atom stereocenters. The van der Waals surface area contributed by atoms with Crippen LogP contribution in [0.4, 0.5) is 0 Å². The average Bonchev–Trinajstić information content (AvgIpc) is 2.71. The molecule has 20 heavy (non-hydrogen) atoms. The van der Waals surface area contributed by atoms with Gasteiger partial charge in [0.05, 0.1) is 0 Å². The third-order valence-electron chi connectivity index (χ3n) is 5.40. The van der Waals surface area contributed by atoms with E-state index < -0.39 is 0 Å². The molecule has 1 aliphatic heterocycles. The molecule has 1 N–H and O–H groups in total. The zero-order valence-corrected chi connectivity index (χ0v) is 13.7. The third-order valence-corrected chi connectivity index (χ3v) is 5.40. The fraction of sp³-hybridized carbons (Fsp3) is 1.00. The smallest absolute Gasteiger partial charge is 0.0107 e. The molecule has 2 heteroatoms. The summed E-state index contributed by atoms with van der Waals surface area (Å²) in [4.78, 5) is 2.70. The first-order valence-corrected chi connectivity index (χ1v) is 9.31. The first kappa shape index (κ1) is 16.3. The molecule has 0 radical (unpaired) electrons. The van der Waals surface area contributed by atoms with Crippen LogP contribution < -0.4 is 5.32 Å². The van der Waals surface area contributed by atoms with E-state index in [1.54, 1.807) is 0 Å². The number of rotatable bonds is 7. The van der Waals surface area contributed by atoms with Crippen LogP contribution in [0.5, 0.6) is 0 Å². The Bertz CT molecular complexity index is 236. The quantitative estimate of drug-likeness (QED) is 0.708. The molecule has 0 amide bonds. The van der Waals surface area contributed by atoms with Gasteiger partial charge in [0.1, 0.15) is 0 Å². The minimum absolute atomic E-state index is 0.974. The van der Waals surface area contributed by atoms with Gasteiger partial charge in [-0.3, -0.25) is 0 Å². The minimum atomic E-state index is 0.974. The summed E-state index contributed by atoms with van der Waals surface area (Å²) in [7, 11) is 0. The van der Waals surface area contributed by atoms with Gasteiger partial charge in [0.15, 0.2) is 0 Å². The highest BCUT2D eigenvalue weighted by molar-refractivity contribution is 4.72. The van der Waals surface area contributed by atoms with Crippen molar-refractivity contribution in [2.75, 3.05) is 32.7 Å². The summed E-state index contributed by atoms with van der Waals surface area (Å²) >= 11 is 0. The van der Waals surface area contributed by atoms with E-state index in [4.69, 9.17) is 0 Å². The van der Waals surface area contributed by atoms with Gasteiger partial charge in [0.25, 0.3) is 0 Å². The minimum Gasteiger partial charge on any atom is -0.315 e. The zero-order valence-electron chi connectivity index (χ0n) is 13.7. The van der Waals surface area contributed by atoms with Crippen molar-refractivity contribution in [1.82, 2.24) is 10.2 Å². The molecule has 2 nitrogen and oxygen atoms in total. The summed E-state index contributed by atoms with van der Waals surface area (Å²) in [5, 5.41) is 3.72.